The van der Waals surface area contributed by atoms with Gasteiger partial charge in [0.1, 0.15) is 0 Å². The highest BCUT2D eigenvalue weighted by Crippen LogP contribution is 2.24. The quantitative estimate of drug-likeness (QED) is 0.483. The van der Waals surface area contributed by atoms with Crippen molar-refractivity contribution in [1.82, 2.24) is 9.55 Å². The summed E-state index contributed by atoms with van der Waals surface area (Å²) in [6.07, 6.45) is 0. The van der Waals surface area contributed by atoms with E-state index in [-0.39, 0.29) is 11.5 Å². The predicted molar refractivity (Wildman–Crippen MR) is 110 cm³/mol. The summed E-state index contributed by atoms with van der Waals surface area (Å²) in [6, 6.07) is 14.7. The van der Waals surface area contributed by atoms with Crippen LogP contribution >= 0.6 is 27.7 Å². The van der Waals surface area contributed by atoms with Gasteiger partial charge in [-0.25, -0.2) is 4.98 Å². The van der Waals surface area contributed by atoms with Gasteiger partial charge in [-0.05, 0) is 50.2 Å². The van der Waals surface area contributed by atoms with Gasteiger partial charge in [0, 0.05) is 16.7 Å². The van der Waals surface area contributed by atoms with Crippen molar-refractivity contribution in [1.29, 1.82) is 0 Å². The van der Waals surface area contributed by atoms with E-state index >= 15 is 0 Å². The number of nitrogens with zero attached hydrogens (tertiary/aromatic N) is 2. The monoisotopic (exact) mass is 431 g/mol. The first-order chi connectivity index (χ1) is 12.5. The molecule has 0 aliphatic heterocycles. The first-order valence-corrected chi connectivity index (χ1v) is 9.89. The number of rotatable bonds is 5. The molecule has 3 aromatic rings. The fourth-order valence-corrected chi connectivity index (χ4v) is 3.74. The predicted octanol–water partition coefficient (Wildman–Crippen LogP) is 4.30. The van der Waals surface area contributed by atoms with Crippen LogP contribution in [0.1, 0.15) is 13.8 Å². The van der Waals surface area contributed by atoms with Crippen molar-refractivity contribution < 1.29 is 4.79 Å². The van der Waals surface area contributed by atoms with Crippen LogP contribution in [-0.4, -0.2) is 20.7 Å². The molecule has 1 atom stereocenters. The topological polar surface area (TPSA) is 64.0 Å². The summed E-state index contributed by atoms with van der Waals surface area (Å²) >= 11 is 4.65. The van der Waals surface area contributed by atoms with Crippen LogP contribution in [0.3, 0.4) is 0 Å². The van der Waals surface area contributed by atoms with Crippen LogP contribution in [-0.2, 0) is 11.3 Å². The second-order valence-corrected chi connectivity index (χ2v) is 7.94. The fourth-order valence-electron chi connectivity index (χ4n) is 2.51. The summed E-state index contributed by atoms with van der Waals surface area (Å²) in [7, 11) is 0. The maximum atomic E-state index is 12.7. The van der Waals surface area contributed by atoms with Gasteiger partial charge in [-0.1, -0.05) is 39.8 Å². The Morgan fingerprint density at radius 2 is 1.92 bits per heavy atom. The number of aromatic nitrogens is 2. The molecule has 0 bridgehead atoms. The Labute approximate surface area is 164 Å². The zero-order chi connectivity index (χ0) is 18.7. The van der Waals surface area contributed by atoms with Crippen LogP contribution in [0.4, 0.5) is 5.69 Å². The van der Waals surface area contributed by atoms with E-state index in [1.165, 1.54) is 11.8 Å². The number of halogens is 1. The molecular weight excluding hydrogens is 414 g/mol. The molecule has 1 heterocycles. The second kappa shape index (κ2) is 8.05. The third-order valence-electron chi connectivity index (χ3n) is 3.91. The number of carbonyl (C=O) groups is 1. The van der Waals surface area contributed by atoms with Gasteiger partial charge >= 0.3 is 0 Å². The van der Waals surface area contributed by atoms with Crippen molar-refractivity contribution in [2.75, 3.05) is 5.32 Å². The molecule has 2 aromatic carbocycles. The zero-order valence-corrected chi connectivity index (χ0v) is 16.8. The van der Waals surface area contributed by atoms with Crippen molar-refractivity contribution in [3.63, 3.8) is 0 Å². The Morgan fingerprint density at radius 3 is 2.62 bits per heavy atom. The first-order valence-electron chi connectivity index (χ1n) is 8.22. The van der Waals surface area contributed by atoms with Gasteiger partial charge in [0.05, 0.1) is 16.2 Å². The van der Waals surface area contributed by atoms with Crippen LogP contribution < -0.4 is 10.9 Å². The maximum absolute atomic E-state index is 12.7. The number of benzene rings is 2. The molecule has 7 heteroatoms. The Morgan fingerprint density at radius 1 is 1.23 bits per heavy atom. The minimum atomic E-state index is -0.399. The Bertz CT molecular complexity index is 1000. The Hall–Kier alpha value is -2.12. The third kappa shape index (κ3) is 3.99. The van der Waals surface area contributed by atoms with Crippen molar-refractivity contribution in [2.45, 2.75) is 30.8 Å². The van der Waals surface area contributed by atoms with E-state index in [9.17, 15) is 9.59 Å². The second-order valence-electron chi connectivity index (χ2n) is 5.72. The molecule has 0 fully saturated rings. The van der Waals surface area contributed by atoms with Crippen LogP contribution in [0.2, 0.25) is 0 Å². The van der Waals surface area contributed by atoms with Gasteiger partial charge in [-0.2, -0.15) is 0 Å². The van der Waals surface area contributed by atoms with Gasteiger partial charge in [-0.15, -0.1) is 0 Å². The summed E-state index contributed by atoms with van der Waals surface area (Å²) in [6.45, 7) is 4.20. The van der Waals surface area contributed by atoms with E-state index in [2.05, 4.69) is 26.2 Å². The van der Waals surface area contributed by atoms with E-state index in [0.717, 1.165) is 10.2 Å². The molecule has 1 N–H and O–H groups in total. The maximum Gasteiger partial charge on any atom is 0.262 e. The summed E-state index contributed by atoms with van der Waals surface area (Å²) in [5.74, 6) is -0.137. The van der Waals surface area contributed by atoms with Crippen LogP contribution in [0, 0.1) is 0 Å². The normalized spacial score (nSPS) is 12.1. The number of nitrogens with one attached hydrogen (secondary N) is 1. The van der Waals surface area contributed by atoms with Gasteiger partial charge in [-0.3, -0.25) is 14.2 Å². The molecule has 0 saturated heterocycles. The Kier molecular flexibility index (Phi) is 5.78. The highest BCUT2D eigenvalue weighted by Gasteiger charge is 2.19. The minimum absolute atomic E-state index is 0.0823. The standard InChI is InChI=1S/C19H18BrN3O2S/c1-3-23-18(25)15-6-4-5-7-16(15)22-19(23)26-12(2)17(24)21-14-10-8-13(20)9-11-14/h4-12H,3H2,1-2H3,(H,21,24). The fraction of sp³-hybridized carbons (Fsp3) is 0.211. The number of hydrogen-bond acceptors (Lipinski definition) is 4. The molecule has 5 nitrogen and oxygen atoms in total. The number of para-hydroxylation sites is 1. The van der Waals surface area contributed by atoms with E-state index in [1.54, 1.807) is 17.6 Å². The summed E-state index contributed by atoms with van der Waals surface area (Å²) in [4.78, 5) is 29.7. The summed E-state index contributed by atoms with van der Waals surface area (Å²) in [5, 5.41) is 3.62. The molecule has 1 aromatic heterocycles. The van der Waals surface area contributed by atoms with Gasteiger partial charge in [0.25, 0.3) is 5.56 Å². The van der Waals surface area contributed by atoms with Gasteiger partial charge in [0.15, 0.2) is 5.16 Å². The molecule has 3 rings (SSSR count). The number of thioether (sulfide) groups is 1. The average molecular weight is 432 g/mol. The molecule has 0 spiro atoms. The molecule has 0 saturated carbocycles. The third-order valence-corrected chi connectivity index (χ3v) is 5.52. The lowest BCUT2D eigenvalue weighted by atomic mass is 10.2. The number of fused-ring (bicyclic) bond motifs is 1. The molecule has 0 aliphatic carbocycles. The Balaban J connectivity index is 1.84. The molecule has 1 unspecified atom stereocenters. The van der Waals surface area contributed by atoms with Crippen molar-refractivity contribution >= 4 is 50.2 Å². The van der Waals surface area contributed by atoms with E-state index in [4.69, 9.17) is 0 Å². The molecular formula is C19H18BrN3O2S. The first kappa shape index (κ1) is 18.7. The largest absolute Gasteiger partial charge is 0.325 e. The van der Waals surface area contributed by atoms with Crippen LogP contribution in [0.15, 0.2) is 63.0 Å². The van der Waals surface area contributed by atoms with E-state index in [1.807, 2.05) is 49.4 Å². The van der Waals surface area contributed by atoms with Crippen LogP contribution in [0.25, 0.3) is 10.9 Å². The number of anilines is 1. The van der Waals surface area contributed by atoms with Crippen molar-refractivity contribution in [3.05, 3.63) is 63.4 Å². The van der Waals surface area contributed by atoms with E-state index < -0.39 is 5.25 Å². The highest BCUT2D eigenvalue weighted by atomic mass is 79.9. The van der Waals surface area contributed by atoms with Gasteiger partial charge in [0.2, 0.25) is 5.91 Å². The molecule has 26 heavy (non-hydrogen) atoms. The smallest absolute Gasteiger partial charge is 0.262 e. The SMILES string of the molecule is CCn1c(SC(C)C(=O)Nc2ccc(Br)cc2)nc2ccccc2c1=O. The zero-order valence-electron chi connectivity index (χ0n) is 14.4. The lowest BCUT2D eigenvalue weighted by molar-refractivity contribution is -0.115. The lowest BCUT2D eigenvalue weighted by Crippen LogP contribution is -2.26. The molecule has 134 valence electrons. The van der Waals surface area contributed by atoms with Crippen LogP contribution in [0.5, 0.6) is 0 Å². The van der Waals surface area contributed by atoms with E-state index in [0.29, 0.717) is 22.6 Å². The molecule has 1 amide bonds. The number of hydrogen-bond donors (Lipinski definition) is 1. The van der Waals surface area contributed by atoms with Crippen molar-refractivity contribution in [3.8, 4) is 0 Å². The lowest BCUT2D eigenvalue weighted by Gasteiger charge is -2.15. The number of carbonyl (C=O) groups excluding carboxylic acids is 1. The summed E-state index contributed by atoms with van der Waals surface area (Å²) < 4.78 is 2.56. The minimum Gasteiger partial charge on any atom is -0.325 e. The number of amides is 1. The molecule has 0 radical (unpaired) electrons. The molecule has 0 aliphatic rings. The summed E-state index contributed by atoms with van der Waals surface area (Å²) in [5.41, 5.74) is 1.29. The van der Waals surface area contributed by atoms with Crippen molar-refractivity contribution in [2.24, 2.45) is 0 Å². The van der Waals surface area contributed by atoms with Gasteiger partial charge < -0.3 is 5.32 Å². The average Bonchev–Trinajstić information content (AvgIpc) is 2.64. The highest BCUT2D eigenvalue weighted by molar-refractivity contribution is 9.10.